The standard InChI is InChI=1S/C31H45FN4O5/c32-24-13-10-9-12-22(24)19-33-30(39)25-14-7-5-3-1-2-4-6-8-16-28(37)34-26(31(40)35-25)18-29(38)36-17-11-15-27(36)23-20-41-21-23/h9-10,12-13,23,25-27H,1-8,11,14-21H2,(H,33,39)(H,34,37)(H,35,40)/t25-,26-,27?/m0/s1. The maximum Gasteiger partial charge on any atom is 0.243 e. The molecule has 9 nitrogen and oxygen atoms in total. The molecule has 1 aromatic carbocycles. The average molecular weight is 573 g/mol. The zero-order chi connectivity index (χ0) is 29.0. The van der Waals surface area contributed by atoms with Gasteiger partial charge in [-0.05, 0) is 31.7 Å². The van der Waals surface area contributed by atoms with Crippen LogP contribution in [0.25, 0.3) is 0 Å². The second-order valence-electron chi connectivity index (χ2n) is 11.7. The molecule has 4 amide bonds. The Kier molecular flexibility index (Phi) is 12.0. The second kappa shape index (κ2) is 15.8. The van der Waals surface area contributed by atoms with E-state index in [1.165, 1.54) is 6.07 Å². The fraction of sp³-hybridized carbons (Fsp3) is 0.677. The van der Waals surface area contributed by atoms with Crippen molar-refractivity contribution in [1.29, 1.82) is 0 Å². The quantitative estimate of drug-likeness (QED) is 0.484. The van der Waals surface area contributed by atoms with E-state index in [4.69, 9.17) is 4.74 Å². The number of halogens is 1. The largest absolute Gasteiger partial charge is 0.381 e. The zero-order valence-corrected chi connectivity index (χ0v) is 24.0. The number of likely N-dealkylation sites (tertiary alicyclic amines) is 1. The highest BCUT2D eigenvalue weighted by atomic mass is 19.1. The minimum Gasteiger partial charge on any atom is -0.381 e. The van der Waals surface area contributed by atoms with Gasteiger partial charge >= 0.3 is 0 Å². The van der Waals surface area contributed by atoms with E-state index in [1.54, 1.807) is 18.2 Å². The van der Waals surface area contributed by atoms with Gasteiger partial charge in [0.05, 0.1) is 19.6 Å². The topological polar surface area (TPSA) is 117 Å². The van der Waals surface area contributed by atoms with Gasteiger partial charge in [0, 0.05) is 37.0 Å². The summed E-state index contributed by atoms with van der Waals surface area (Å²) < 4.78 is 19.5. The van der Waals surface area contributed by atoms with Crippen LogP contribution in [0.3, 0.4) is 0 Å². The maximum atomic E-state index is 14.1. The Morgan fingerprint density at radius 1 is 0.927 bits per heavy atom. The molecular formula is C31H45FN4O5. The van der Waals surface area contributed by atoms with Crippen molar-refractivity contribution in [3.8, 4) is 0 Å². The lowest BCUT2D eigenvalue weighted by Crippen LogP contribution is -2.55. The summed E-state index contributed by atoms with van der Waals surface area (Å²) in [5.74, 6) is -1.50. The van der Waals surface area contributed by atoms with Crippen molar-refractivity contribution in [2.75, 3.05) is 19.8 Å². The summed E-state index contributed by atoms with van der Waals surface area (Å²) in [6.45, 7) is 1.90. The van der Waals surface area contributed by atoms with Crippen LogP contribution in [0.1, 0.15) is 89.0 Å². The molecule has 3 fully saturated rings. The van der Waals surface area contributed by atoms with Gasteiger partial charge in [0.1, 0.15) is 17.9 Å². The average Bonchev–Trinajstić information content (AvgIpc) is 3.40. The van der Waals surface area contributed by atoms with Crippen molar-refractivity contribution in [2.24, 2.45) is 5.92 Å². The molecule has 0 saturated carbocycles. The number of rotatable bonds is 6. The molecular weight excluding hydrogens is 527 g/mol. The van der Waals surface area contributed by atoms with Crippen molar-refractivity contribution in [3.63, 3.8) is 0 Å². The zero-order valence-electron chi connectivity index (χ0n) is 24.0. The van der Waals surface area contributed by atoms with E-state index in [2.05, 4.69) is 16.0 Å². The molecule has 4 rings (SSSR count). The number of hydrogen-bond donors (Lipinski definition) is 3. The molecule has 0 spiro atoms. The van der Waals surface area contributed by atoms with Gasteiger partial charge in [-0.2, -0.15) is 0 Å². The monoisotopic (exact) mass is 572 g/mol. The molecule has 3 aliphatic rings. The predicted octanol–water partition coefficient (Wildman–Crippen LogP) is 3.35. The Morgan fingerprint density at radius 3 is 2.34 bits per heavy atom. The number of amides is 4. The van der Waals surface area contributed by atoms with Crippen LogP contribution in [-0.4, -0.2) is 66.4 Å². The molecule has 3 saturated heterocycles. The molecule has 10 heteroatoms. The molecule has 0 bridgehead atoms. The van der Waals surface area contributed by atoms with Crippen molar-refractivity contribution in [3.05, 3.63) is 35.6 Å². The highest BCUT2D eigenvalue weighted by Gasteiger charge is 2.39. The lowest BCUT2D eigenvalue weighted by Gasteiger charge is -2.37. The van der Waals surface area contributed by atoms with Crippen LogP contribution in [-0.2, 0) is 30.5 Å². The Balaban J connectivity index is 1.45. The molecule has 0 radical (unpaired) electrons. The van der Waals surface area contributed by atoms with E-state index in [0.29, 0.717) is 37.7 Å². The van der Waals surface area contributed by atoms with Crippen LogP contribution in [0, 0.1) is 11.7 Å². The van der Waals surface area contributed by atoms with E-state index in [0.717, 1.165) is 64.2 Å². The Bertz CT molecular complexity index is 1050. The minimum atomic E-state index is -1.08. The maximum absolute atomic E-state index is 14.1. The molecule has 1 unspecified atom stereocenters. The van der Waals surface area contributed by atoms with Gasteiger partial charge < -0.3 is 25.6 Å². The van der Waals surface area contributed by atoms with Crippen LogP contribution in [0.5, 0.6) is 0 Å². The van der Waals surface area contributed by atoms with Gasteiger partial charge in [0.2, 0.25) is 23.6 Å². The molecule has 3 heterocycles. The summed E-state index contributed by atoms with van der Waals surface area (Å²) in [5.41, 5.74) is 0.355. The summed E-state index contributed by atoms with van der Waals surface area (Å²) in [6, 6.07) is 4.38. The molecule has 0 aromatic heterocycles. The number of hydrogen-bond acceptors (Lipinski definition) is 5. The van der Waals surface area contributed by atoms with Crippen molar-refractivity contribution >= 4 is 23.6 Å². The lowest BCUT2D eigenvalue weighted by molar-refractivity contribution is -0.141. The first-order valence-corrected chi connectivity index (χ1v) is 15.4. The number of ether oxygens (including phenoxy) is 1. The van der Waals surface area contributed by atoms with Gasteiger partial charge in [-0.15, -0.1) is 0 Å². The first kappa shape index (κ1) is 30.9. The van der Waals surface area contributed by atoms with E-state index in [1.807, 2.05) is 4.90 Å². The fourth-order valence-corrected chi connectivity index (χ4v) is 6.02. The fourth-order valence-electron chi connectivity index (χ4n) is 6.02. The summed E-state index contributed by atoms with van der Waals surface area (Å²) in [5, 5.41) is 8.37. The van der Waals surface area contributed by atoms with Gasteiger partial charge in [0.15, 0.2) is 0 Å². The van der Waals surface area contributed by atoms with E-state index < -0.39 is 29.7 Å². The molecule has 3 atom stereocenters. The Labute approximate surface area is 242 Å². The number of nitrogens with one attached hydrogen (secondary N) is 3. The van der Waals surface area contributed by atoms with Gasteiger partial charge in [-0.1, -0.05) is 63.1 Å². The first-order chi connectivity index (χ1) is 19.9. The molecule has 0 aliphatic carbocycles. The van der Waals surface area contributed by atoms with E-state index in [-0.39, 0.29) is 37.2 Å². The number of nitrogens with zero attached hydrogens (tertiary/aromatic N) is 1. The summed E-state index contributed by atoms with van der Waals surface area (Å²) in [4.78, 5) is 54.9. The van der Waals surface area contributed by atoms with Crippen LogP contribution in [0.2, 0.25) is 0 Å². The SMILES string of the molecule is O=C1CCCCCCCCCC[C@@H](C(=O)NCc2ccccc2F)NC(=O)[C@H](CC(=O)N2CCCC2C2COC2)N1. The van der Waals surface area contributed by atoms with Crippen LogP contribution in [0.15, 0.2) is 24.3 Å². The number of benzene rings is 1. The summed E-state index contributed by atoms with van der Waals surface area (Å²) in [6.07, 6.45) is 10.0. The van der Waals surface area contributed by atoms with Crippen molar-refractivity contribution in [2.45, 2.75) is 108 Å². The molecule has 226 valence electrons. The van der Waals surface area contributed by atoms with Crippen molar-refractivity contribution < 1.29 is 28.3 Å². The molecule has 3 aliphatic heterocycles. The van der Waals surface area contributed by atoms with Gasteiger partial charge in [0.25, 0.3) is 0 Å². The van der Waals surface area contributed by atoms with Crippen LogP contribution in [0.4, 0.5) is 4.39 Å². The minimum absolute atomic E-state index is 0.00223. The van der Waals surface area contributed by atoms with Gasteiger partial charge in [-0.25, -0.2) is 4.39 Å². The second-order valence-corrected chi connectivity index (χ2v) is 11.7. The molecule has 41 heavy (non-hydrogen) atoms. The van der Waals surface area contributed by atoms with Gasteiger partial charge in [-0.3, -0.25) is 19.2 Å². The number of carbonyl (C=O) groups is 4. The predicted molar refractivity (Wildman–Crippen MR) is 152 cm³/mol. The molecule has 1 aromatic rings. The highest BCUT2D eigenvalue weighted by molar-refractivity contribution is 5.95. The smallest absolute Gasteiger partial charge is 0.243 e. The van der Waals surface area contributed by atoms with Crippen molar-refractivity contribution in [1.82, 2.24) is 20.9 Å². The normalized spacial score (nSPS) is 25.6. The third kappa shape index (κ3) is 9.24. The number of carbonyl (C=O) groups excluding carboxylic acids is 4. The summed E-state index contributed by atoms with van der Waals surface area (Å²) >= 11 is 0. The third-order valence-electron chi connectivity index (χ3n) is 8.55. The van der Waals surface area contributed by atoms with Crippen LogP contribution < -0.4 is 16.0 Å². The lowest BCUT2D eigenvalue weighted by atomic mass is 9.95. The van der Waals surface area contributed by atoms with E-state index >= 15 is 0 Å². The van der Waals surface area contributed by atoms with Crippen LogP contribution >= 0.6 is 0 Å². The first-order valence-electron chi connectivity index (χ1n) is 15.4. The molecule has 3 N–H and O–H groups in total. The Morgan fingerprint density at radius 2 is 1.63 bits per heavy atom. The highest BCUT2D eigenvalue weighted by Crippen LogP contribution is 2.29. The summed E-state index contributed by atoms with van der Waals surface area (Å²) in [7, 11) is 0. The van der Waals surface area contributed by atoms with E-state index in [9.17, 15) is 23.6 Å². The third-order valence-corrected chi connectivity index (χ3v) is 8.55. The Hall–Kier alpha value is -3.01.